The van der Waals surface area contributed by atoms with Gasteiger partial charge in [0, 0.05) is 19.2 Å². The van der Waals surface area contributed by atoms with E-state index in [1.54, 1.807) is 45.9 Å². The number of ether oxygens (including phenoxy) is 8. The van der Waals surface area contributed by atoms with E-state index in [-0.39, 0.29) is 13.1 Å². The number of aliphatic hydroxyl groups excluding tert-OH is 2. The summed E-state index contributed by atoms with van der Waals surface area (Å²) >= 11 is 6.30. The number of hydrogen-bond acceptors (Lipinski definition) is 11. The fourth-order valence-corrected chi connectivity index (χ4v) is 6.56. The van der Waals surface area contributed by atoms with Gasteiger partial charge in [0.05, 0.1) is 24.1 Å². The summed E-state index contributed by atoms with van der Waals surface area (Å²) in [6, 6.07) is 4.99. The van der Waals surface area contributed by atoms with Crippen LogP contribution >= 0.6 is 11.6 Å². The molecule has 228 valence electrons. The highest BCUT2D eigenvalue weighted by atomic mass is 35.5. The van der Waals surface area contributed by atoms with Crippen molar-refractivity contribution < 1.29 is 48.1 Å². The van der Waals surface area contributed by atoms with Crippen LogP contribution in [0.5, 0.6) is 0 Å². The molecule has 0 unspecified atom stereocenters. The number of fused-ring (bicyclic) bond motifs is 3. The molecule has 0 amide bonds. The molecule has 2 aromatic rings. The average molecular weight is 601 g/mol. The Morgan fingerprint density at radius 1 is 0.829 bits per heavy atom. The van der Waals surface area contributed by atoms with Crippen LogP contribution < -0.4 is 5.69 Å². The quantitative estimate of drug-likeness (QED) is 0.447. The number of nitrogens with zero attached hydrogens (tertiary/aromatic N) is 2. The van der Waals surface area contributed by atoms with Gasteiger partial charge in [0.25, 0.3) is 0 Å². The zero-order valence-electron chi connectivity index (χ0n) is 23.8. The van der Waals surface area contributed by atoms with Crippen molar-refractivity contribution in [1.82, 2.24) is 9.13 Å². The molecule has 1 aromatic heterocycles. The second-order valence-electron chi connectivity index (χ2n) is 11.8. The Labute approximate surface area is 241 Å². The highest BCUT2D eigenvalue weighted by molar-refractivity contribution is 6.31. The maximum atomic E-state index is 13.8. The van der Waals surface area contributed by atoms with Gasteiger partial charge in [0.15, 0.2) is 24.2 Å². The predicted octanol–water partition coefficient (Wildman–Crippen LogP) is 0.961. The lowest BCUT2D eigenvalue weighted by molar-refractivity contribution is -0.228. The van der Waals surface area contributed by atoms with Crippen molar-refractivity contribution in [2.75, 3.05) is 14.2 Å². The Hall–Kier alpha value is -1.62. The minimum atomic E-state index is -1.16. The van der Waals surface area contributed by atoms with E-state index >= 15 is 0 Å². The molecular formula is C27H37ClN2O11. The first kappa shape index (κ1) is 29.5. The van der Waals surface area contributed by atoms with E-state index in [0.717, 1.165) is 0 Å². The van der Waals surface area contributed by atoms with E-state index < -0.39 is 78.7 Å². The third-order valence-electron chi connectivity index (χ3n) is 8.08. The van der Waals surface area contributed by atoms with Gasteiger partial charge >= 0.3 is 5.69 Å². The first-order valence-corrected chi connectivity index (χ1v) is 14.0. The maximum Gasteiger partial charge on any atom is 0.329 e. The van der Waals surface area contributed by atoms with E-state index in [4.69, 9.17) is 49.5 Å². The number of rotatable bonds is 8. The standard InChI is InChI=1S/C27H37ClN2O11/c1-26(2)38-21-19(34-5)17(36-23(21)40-26)15(31)10-29-13-8-7-12(28)9-14(13)30(25(29)33)11-16(32)18-20(35-6)22-24(37-18)41-27(3,4)39-22/h7-9,15-24,31-32H,10-11H2,1-6H3/t15-,16-,17-,18-,19+,20+,21-,22-,23-,24-/m1/s1. The largest absolute Gasteiger partial charge is 0.388 e. The number of methoxy groups -OCH3 is 2. The van der Waals surface area contributed by atoms with Crippen LogP contribution in [0.15, 0.2) is 23.0 Å². The van der Waals surface area contributed by atoms with Gasteiger partial charge in [-0.25, -0.2) is 4.79 Å². The smallest absolute Gasteiger partial charge is 0.329 e. The van der Waals surface area contributed by atoms with Crippen molar-refractivity contribution >= 4 is 22.6 Å². The van der Waals surface area contributed by atoms with Crippen molar-refractivity contribution in [2.45, 2.75) is 114 Å². The van der Waals surface area contributed by atoms with Crippen molar-refractivity contribution in [1.29, 1.82) is 0 Å². The lowest BCUT2D eigenvalue weighted by Crippen LogP contribution is -2.46. The van der Waals surface area contributed by atoms with E-state index in [2.05, 4.69) is 0 Å². The summed E-state index contributed by atoms with van der Waals surface area (Å²) in [6.07, 6.45) is -7.65. The Bertz CT molecular complexity index is 1340. The van der Waals surface area contributed by atoms with Gasteiger partial charge in [-0.05, 0) is 45.9 Å². The second-order valence-corrected chi connectivity index (χ2v) is 12.2. The van der Waals surface area contributed by atoms with Crippen molar-refractivity contribution in [2.24, 2.45) is 0 Å². The Kier molecular flexibility index (Phi) is 7.56. The zero-order valence-corrected chi connectivity index (χ0v) is 24.5. The molecule has 4 saturated heterocycles. The molecule has 10 atom stereocenters. The SMILES string of the molecule is CO[C@@H]1[C@H]2OC(C)(C)O[C@H]2O[C@@H]1[C@H](O)Cn1c(=O)n(C[C@@H](O)[C@H]2O[C@@H]3OC(C)(C)O[C@@H]3[C@H]2OC)c2cc(Cl)ccc21. The summed E-state index contributed by atoms with van der Waals surface area (Å²) in [4.78, 5) is 13.8. The zero-order chi connectivity index (χ0) is 29.4. The van der Waals surface area contributed by atoms with Gasteiger partial charge in [-0.2, -0.15) is 0 Å². The number of aliphatic hydroxyl groups is 2. The summed E-state index contributed by atoms with van der Waals surface area (Å²) in [5, 5.41) is 23.0. The van der Waals surface area contributed by atoms with Gasteiger partial charge in [-0.1, -0.05) is 11.6 Å². The molecular weight excluding hydrogens is 564 g/mol. The van der Waals surface area contributed by atoms with Crippen molar-refractivity contribution in [3.8, 4) is 0 Å². The molecule has 1 aromatic carbocycles. The van der Waals surface area contributed by atoms with Crippen LogP contribution in [0.2, 0.25) is 5.02 Å². The molecule has 2 N–H and O–H groups in total. The number of aromatic nitrogens is 2. The summed E-state index contributed by atoms with van der Waals surface area (Å²) in [7, 11) is 3.02. The number of halogens is 1. The van der Waals surface area contributed by atoms with Gasteiger partial charge < -0.3 is 48.1 Å². The van der Waals surface area contributed by atoms with Crippen LogP contribution in [0, 0.1) is 0 Å². The fourth-order valence-electron chi connectivity index (χ4n) is 6.39. The van der Waals surface area contributed by atoms with Crippen LogP contribution in [0.1, 0.15) is 27.7 Å². The Morgan fingerprint density at radius 2 is 1.29 bits per heavy atom. The Balaban J connectivity index is 1.25. The highest BCUT2D eigenvalue weighted by Crippen LogP contribution is 2.41. The molecule has 0 bridgehead atoms. The molecule has 4 aliphatic heterocycles. The van der Waals surface area contributed by atoms with E-state index in [1.165, 1.54) is 23.4 Å². The normalized spacial score (nSPS) is 37.0. The van der Waals surface area contributed by atoms with E-state index in [9.17, 15) is 15.0 Å². The molecule has 4 fully saturated rings. The van der Waals surface area contributed by atoms with Crippen LogP contribution in [0.3, 0.4) is 0 Å². The molecule has 4 aliphatic rings. The van der Waals surface area contributed by atoms with Crippen molar-refractivity contribution in [3.05, 3.63) is 33.7 Å². The molecule has 6 rings (SSSR count). The Morgan fingerprint density at radius 3 is 1.76 bits per heavy atom. The molecule has 0 spiro atoms. The van der Waals surface area contributed by atoms with Gasteiger partial charge in [0.1, 0.15) is 48.8 Å². The van der Waals surface area contributed by atoms with Crippen LogP contribution in [-0.2, 0) is 51.0 Å². The average Bonchev–Trinajstić information content (AvgIpc) is 3.63. The van der Waals surface area contributed by atoms with Crippen molar-refractivity contribution in [3.63, 3.8) is 0 Å². The lowest BCUT2D eigenvalue weighted by Gasteiger charge is -2.28. The minimum absolute atomic E-state index is 0.116. The lowest BCUT2D eigenvalue weighted by atomic mass is 10.1. The highest BCUT2D eigenvalue weighted by Gasteiger charge is 2.58. The van der Waals surface area contributed by atoms with Gasteiger partial charge in [-0.3, -0.25) is 9.13 Å². The monoisotopic (exact) mass is 600 g/mol. The number of hydrogen-bond donors (Lipinski definition) is 2. The topological polar surface area (TPSA) is 141 Å². The van der Waals surface area contributed by atoms with E-state index in [0.29, 0.717) is 16.1 Å². The first-order chi connectivity index (χ1) is 19.3. The van der Waals surface area contributed by atoms with Gasteiger partial charge in [-0.15, -0.1) is 0 Å². The molecule has 41 heavy (non-hydrogen) atoms. The minimum Gasteiger partial charge on any atom is -0.388 e. The second kappa shape index (κ2) is 10.5. The fraction of sp³-hybridized carbons (Fsp3) is 0.741. The molecule has 14 heteroatoms. The van der Waals surface area contributed by atoms with Crippen LogP contribution in [0.4, 0.5) is 0 Å². The third-order valence-corrected chi connectivity index (χ3v) is 8.31. The predicted molar refractivity (Wildman–Crippen MR) is 142 cm³/mol. The molecule has 0 radical (unpaired) electrons. The molecule has 5 heterocycles. The molecule has 0 aliphatic carbocycles. The summed E-state index contributed by atoms with van der Waals surface area (Å²) in [5.41, 5.74) is 0.546. The van der Waals surface area contributed by atoms with E-state index in [1.807, 2.05) is 0 Å². The van der Waals surface area contributed by atoms with Gasteiger partial charge in [0.2, 0.25) is 0 Å². The van der Waals surface area contributed by atoms with Crippen LogP contribution in [0.25, 0.3) is 11.0 Å². The summed E-state index contributed by atoms with van der Waals surface area (Å²) in [5.74, 6) is -1.69. The summed E-state index contributed by atoms with van der Waals surface area (Å²) in [6.45, 7) is 6.86. The number of benzene rings is 1. The summed E-state index contributed by atoms with van der Waals surface area (Å²) < 4.78 is 49.5. The maximum absolute atomic E-state index is 13.8. The molecule has 0 saturated carbocycles. The number of imidazole rings is 1. The first-order valence-electron chi connectivity index (χ1n) is 13.6. The van der Waals surface area contributed by atoms with Crippen LogP contribution in [-0.4, -0.2) is 107 Å². The molecule has 13 nitrogen and oxygen atoms in total. The third kappa shape index (κ3) is 5.14.